The highest BCUT2D eigenvalue weighted by Crippen LogP contribution is 2.59. The fourth-order valence-corrected chi connectivity index (χ4v) is 13.1. The Hall–Kier alpha value is -1.80. The van der Waals surface area contributed by atoms with Gasteiger partial charge in [0.25, 0.3) is 0 Å². The summed E-state index contributed by atoms with van der Waals surface area (Å²) in [5, 5.41) is 13.0. The molecule has 1 fully saturated rings. The monoisotopic (exact) mass is 432 g/mol. The van der Waals surface area contributed by atoms with Crippen LogP contribution in [0.1, 0.15) is 76.1 Å². The molecule has 1 N–H and O–H groups in total. The molecule has 166 valence electrons. The number of hydrogen-bond donors (Lipinski definition) is 1. The smallest absolute Gasteiger partial charge is 0.118 e. The van der Waals surface area contributed by atoms with Crippen LogP contribution in [-0.2, 0) is 5.41 Å². The van der Waals surface area contributed by atoms with E-state index in [0.717, 1.165) is 5.56 Å². The Labute approximate surface area is 190 Å². The molecule has 4 rings (SSSR count). The summed E-state index contributed by atoms with van der Waals surface area (Å²) >= 11 is 0. The number of fused-ring (bicyclic) bond motifs is 3. The Bertz CT molecular complexity index is 992. The molecule has 0 saturated heterocycles. The van der Waals surface area contributed by atoms with Crippen molar-refractivity contribution in [2.24, 2.45) is 11.8 Å². The third kappa shape index (κ3) is 3.52. The van der Waals surface area contributed by atoms with Gasteiger partial charge in [-0.15, -0.1) is 0 Å². The van der Waals surface area contributed by atoms with Crippen molar-refractivity contribution in [3.05, 3.63) is 64.7 Å². The van der Waals surface area contributed by atoms with Crippen LogP contribution in [0.2, 0.25) is 17.6 Å². The number of phenols is 1. The third-order valence-corrected chi connectivity index (χ3v) is 14.7. The molecule has 0 spiro atoms. The molecule has 0 radical (unpaired) electrons. The average Bonchev–Trinajstić information content (AvgIpc) is 3.08. The molecule has 4 atom stereocenters. The lowest BCUT2D eigenvalue weighted by Gasteiger charge is -2.43. The maximum Gasteiger partial charge on any atom is 0.118 e. The van der Waals surface area contributed by atoms with E-state index in [-0.39, 0.29) is 5.41 Å². The van der Waals surface area contributed by atoms with Crippen molar-refractivity contribution in [1.82, 2.24) is 0 Å². The molecule has 0 amide bonds. The van der Waals surface area contributed by atoms with Crippen LogP contribution in [0.5, 0.6) is 5.75 Å². The molecule has 1 saturated carbocycles. The van der Waals surface area contributed by atoms with E-state index in [2.05, 4.69) is 97.0 Å². The lowest BCUT2D eigenvalue weighted by molar-refractivity contribution is 0.449. The highest BCUT2D eigenvalue weighted by atomic mass is 28.3. The predicted octanol–water partition coefficient (Wildman–Crippen LogP) is 7.53. The normalized spacial score (nSPS) is 25.4. The molecular formula is C29H40OSi. The van der Waals surface area contributed by atoms with Crippen molar-refractivity contribution in [3.8, 4) is 5.75 Å². The molecular weight excluding hydrogens is 392 g/mol. The van der Waals surface area contributed by atoms with Crippen molar-refractivity contribution in [1.29, 1.82) is 0 Å². The molecule has 2 aromatic carbocycles. The molecule has 1 nitrogen and oxygen atoms in total. The van der Waals surface area contributed by atoms with E-state index in [1.807, 2.05) is 0 Å². The van der Waals surface area contributed by atoms with Gasteiger partial charge < -0.3 is 5.11 Å². The summed E-state index contributed by atoms with van der Waals surface area (Å²) < 4.78 is 0. The molecule has 31 heavy (non-hydrogen) atoms. The molecule has 2 aromatic rings. The van der Waals surface area contributed by atoms with Crippen LogP contribution in [0.4, 0.5) is 0 Å². The zero-order valence-electron chi connectivity index (χ0n) is 20.5. The predicted molar refractivity (Wildman–Crippen MR) is 137 cm³/mol. The van der Waals surface area contributed by atoms with Gasteiger partial charge in [0.2, 0.25) is 0 Å². The quantitative estimate of drug-likeness (QED) is 0.495. The zero-order valence-corrected chi connectivity index (χ0v) is 21.5. The second kappa shape index (κ2) is 7.96. The fraction of sp³-hybridized carbons (Fsp3) is 0.517. The van der Waals surface area contributed by atoms with E-state index in [9.17, 15) is 5.11 Å². The molecule has 0 heterocycles. The van der Waals surface area contributed by atoms with E-state index < -0.39 is 8.07 Å². The first kappa shape index (κ1) is 22.4. The summed E-state index contributed by atoms with van der Waals surface area (Å²) in [7, 11) is -1.97. The second-order valence-electron chi connectivity index (χ2n) is 11.2. The topological polar surface area (TPSA) is 20.2 Å². The minimum absolute atomic E-state index is 0.0556. The summed E-state index contributed by atoms with van der Waals surface area (Å²) in [4.78, 5) is 0. The number of allylic oxidation sites excluding steroid dienone is 1. The highest BCUT2D eigenvalue weighted by Gasteiger charge is 2.54. The summed E-state index contributed by atoms with van der Waals surface area (Å²) in [5.41, 5.74) is 5.97. The maximum absolute atomic E-state index is 11.7. The van der Waals surface area contributed by atoms with Gasteiger partial charge in [0.1, 0.15) is 5.75 Å². The minimum Gasteiger partial charge on any atom is -0.508 e. The fourth-order valence-electron chi connectivity index (χ4n) is 7.06. The van der Waals surface area contributed by atoms with E-state index in [1.54, 1.807) is 5.56 Å². The van der Waals surface area contributed by atoms with Crippen molar-refractivity contribution >= 4 is 19.3 Å². The van der Waals surface area contributed by atoms with Gasteiger partial charge in [-0.2, -0.15) is 0 Å². The Balaban J connectivity index is 1.88. The van der Waals surface area contributed by atoms with Gasteiger partial charge in [-0.25, -0.2) is 0 Å². The number of hydrogen-bond acceptors (Lipinski definition) is 1. The van der Waals surface area contributed by atoms with Gasteiger partial charge in [-0.1, -0.05) is 108 Å². The summed E-state index contributed by atoms with van der Waals surface area (Å²) in [6.45, 7) is 16.2. The highest BCUT2D eigenvalue weighted by molar-refractivity contribution is 6.93. The SMILES string of the molecule is CC[Si](CC)(c1cc(C)cc(C(C)(C)C)c1O)C1C2C=Cc3ccccc3C2C[C@H]1C. The summed E-state index contributed by atoms with van der Waals surface area (Å²) in [6.07, 6.45) is 6.18. The first-order valence-corrected chi connectivity index (χ1v) is 14.7. The van der Waals surface area contributed by atoms with Crippen molar-refractivity contribution in [2.75, 3.05) is 0 Å². The molecule has 2 aliphatic rings. The maximum atomic E-state index is 11.7. The molecule has 2 aliphatic carbocycles. The van der Waals surface area contributed by atoms with Crippen LogP contribution in [0.25, 0.3) is 6.08 Å². The largest absolute Gasteiger partial charge is 0.508 e. The number of phenolic OH excluding ortho intramolecular Hbond substituents is 1. The van der Waals surface area contributed by atoms with Crippen molar-refractivity contribution in [2.45, 2.75) is 83.8 Å². The number of rotatable bonds is 4. The van der Waals surface area contributed by atoms with Gasteiger partial charge in [0.05, 0.1) is 8.07 Å². The van der Waals surface area contributed by atoms with Crippen LogP contribution in [0.3, 0.4) is 0 Å². The van der Waals surface area contributed by atoms with Gasteiger partial charge in [0, 0.05) is 0 Å². The van der Waals surface area contributed by atoms with Crippen LogP contribution in [0, 0.1) is 18.8 Å². The molecule has 3 unspecified atom stereocenters. The number of benzene rings is 2. The van der Waals surface area contributed by atoms with Crippen LogP contribution >= 0.6 is 0 Å². The van der Waals surface area contributed by atoms with Crippen molar-refractivity contribution in [3.63, 3.8) is 0 Å². The first-order valence-electron chi connectivity index (χ1n) is 12.3. The standard InChI is InChI=1S/C29H40OSi/c1-8-31(9-2,26-17-19(3)16-25(27(26)30)29(5,6)7)28-20(4)18-24-22-13-11-10-12-21(22)14-15-23(24)28/h10-17,20,23-24,28,30H,8-9,18H2,1-7H3/t20-,23?,24?,28?/m1/s1. The van der Waals surface area contributed by atoms with Crippen LogP contribution in [0.15, 0.2) is 42.5 Å². The Kier molecular flexibility index (Phi) is 5.75. The molecule has 0 aliphatic heterocycles. The number of aryl methyl sites for hydroxylation is 1. The Morgan fingerprint density at radius 2 is 1.74 bits per heavy atom. The third-order valence-electron chi connectivity index (χ3n) is 8.51. The van der Waals surface area contributed by atoms with Crippen LogP contribution in [-0.4, -0.2) is 13.2 Å². The zero-order chi connectivity index (χ0) is 22.6. The summed E-state index contributed by atoms with van der Waals surface area (Å²) in [6, 6.07) is 15.9. The van der Waals surface area contributed by atoms with Gasteiger partial charge in [0.15, 0.2) is 0 Å². The first-order chi connectivity index (χ1) is 14.6. The van der Waals surface area contributed by atoms with Crippen LogP contribution < -0.4 is 5.19 Å². The summed E-state index contributed by atoms with van der Waals surface area (Å²) in [5.74, 6) is 2.49. The Morgan fingerprint density at radius 1 is 1.06 bits per heavy atom. The van der Waals surface area contributed by atoms with Gasteiger partial charge in [-0.05, 0) is 63.9 Å². The van der Waals surface area contributed by atoms with Gasteiger partial charge >= 0.3 is 0 Å². The average molecular weight is 433 g/mol. The molecule has 0 aromatic heterocycles. The van der Waals surface area contributed by atoms with Crippen molar-refractivity contribution < 1.29 is 5.11 Å². The molecule has 2 heteroatoms. The van der Waals surface area contributed by atoms with Gasteiger partial charge in [-0.3, -0.25) is 0 Å². The second-order valence-corrected chi connectivity index (χ2v) is 16.2. The lowest BCUT2D eigenvalue weighted by Crippen LogP contribution is -2.54. The van der Waals surface area contributed by atoms with E-state index in [4.69, 9.17) is 0 Å². The minimum atomic E-state index is -1.97. The van der Waals surface area contributed by atoms with E-state index in [1.165, 1.54) is 34.8 Å². The van der Waals surface area contributed by atoms with E-state index in [0.29, 0.717) is 29.0 Å². The Morgan fingerprint density at radius 3 is 2.39 bits per heavy atom. The number of aromatic hydroxyl groups is 1. The van der Waals surface area contributed by atoms with E-state index >= 15 is 0 Å². The lowest BCUT2D eigenvalue weighted by atomic mass is 9.81. The molecule has 0 bridgehead atoms.